The molecule has 1 amide bonds. The van der Waals surface area contributed by atoms with E-state index in [2.05, 4.69) is 53.7 Å². The third kappa shape index (κ3) is 6.59. The number of carbonyl (C=O) groups is 1. The van der Waals surface area contributed by atoms with Crippen molar-refractivity contribution in [1.82, 2.24) is 15.2 Å². The number of carbonyl (C=O) groups excluding carboxylic acids is 1. The molecule has 138 valence electrons. The fourth-order valence-corrected chi connectivity index (χ4v) is 2.72. The summed E-state index contributed by atoms with van der Waals surface area (Å²) in [5.74, 6) is 0. The standard InChI is InChI=1S/C16H21N3O2.CHCl3/c1-19(2)6-5-12-9-17-15-4-3-11(8-14(12)15)7-13-10-21-16(20)18-13;2-1(3)4/h3-4,8-9,13,17H,5-7,10H2,1-2H3,(H,18,20);1H/t13-;/m0./s1. The lowest BCUT2D eigenvalue weighted by molar-refractivity contribution is 0.177. The largest absolute Gasteiger partial charge is 0.447 e. The molecule has 1 aliphatic heterocycles. The molecule has 0 radical (unpaired) electrons. The number of halogens is 3. The summed E-state index contributed by atoms with van der Waals surface area (Å²) in [5, 5.41) is 4.10. The number of aromatic nitrogens is 1. The van der Waals surface area contributed by atoms with E-state index in [1.807, 2.05) is 0 Å². The molecular weight excluding hydrogens is 385 g/mol. The molecule has 2 heterocycles. The number of likely N-dealkylation sites (N-methyl/N-ethyl adjacent to an activating group) is 1. The summed E-state index contributed by atoms with van der Waals surface area (Å²) in [6.45, 7) is 1.49. The summed E-state index contributed by atoms with van der Waals surface area (Å²) >= 11 is 14.4. The molecule has 1 aliphatic rings. The van der Waals surface area contributed by atoms with E-state index in [4.69, 9.17) is 39.5 Å². The van der Waals surface area contributed by atoms with Crippen LogP contribution in [-0.2, 0) is 17.6 Å². The van der Waals surface area contributed by atoms with Crippen LogP contribution >= 0.6 is 34.8 Å². The molecule has 2 N–H and O–H groups in total. The Bertz CT molecular complexity index is 701. The third-order valence-corrected chi connectivity index (χ3v) is 3.88. The van der Waals surface area contributed by atoms with Crippen molar-refractivity contribution in [3.8, 4) is 0 Å². The van der Waals surface area contributed by atoms with Crippen LogP contribution in [0.3, 0.4) is 0 Å². The first-order chi connectivity index (χ1) is 11.8. The van der Waals surface area contributed by atoms with E-state index in [0.717, 1.165) is 19.4 Å². The van der Waals surface area contributed by atoms with E-state index in [1.54, 1.807) is 0 Å². The topological polar surface area (TPSA) is 57.4 Å². The van der Waals surface area contributed by atoms with E-state index in [1.165, 1.54) is 22.0 Å². The molecule has 1 atom stereocenters. The lowest BCUT2D eigenvalue weighted by atomic mass is 10.0. The highest BCUT2D eigenvalue weighted by molar-refractivity contribution is 6.63. The van der Waals surface area contributed by atoms with Gasteiger partial charge in [-0.1, -0.05) is 40.9 Å². The van der Waals surface area contributed by atoms with E-state index >= 15 is 0 Å². The van der Waals surface area contributed by atoms with Gasteiger partial charge in [0.05, 0.1) is 6.04 Å². The first-order valence-corrected chi connectivity index (χ1v) is 9.25. The van der Waals surface area contributed by atoms with Crippen molar-refractivity contribution in [3.63, 3.8) is 0 Å². The second-order valence-corrected chi connectivity index (χ2v) is 8.12. The maximum absolute atomic E-state index is 11.1. The average molecular weight is 407 g/mol. The van der Waals surface area contributed by atoms with Gasteiger partial charge < -0.3 is 19.9 Å². The Hall–Kier alpha value is -1.14. The van der Waals surface area contributed by atoms with Crippen LogP contribution in [0.4, 0.5) is 4.79 Å². The second-order valence-electron chi connectivity index (χ2n) is 6.14. The molecule has 1 saturated heterocycles. The predicted octanol–water partition coefficient (Wildman–Crippen LogP) is 3.91. The molecule has 8 heteroatoms. The fourth-order valence-electron chi connectivity index (χ4n) is 2.72. The molecule has 1 aromatic carbocycles. The maximum atomic E-state index is 11.1. The molecule has 25 heavy (non-hydrogen) atoms. The molecule has 0 spiro atoms. The Morgan fingerprint density at radius 1 is 1.32 bits per heavy atom. The Morgan fingerprint density at radius 2 is 2.04 bits per heavy atom. The van der Waals surface area contributed by atoms with Gasteiger partial charge >= 0.3 is 6.09 Å². The van der Waals surface area contributed by atoms with Gasteiger partial charge in [0.25, 0.3) is 0 Å². The number of rotatable bonds is 5. The summed E-state index contributed by atoms with van der Waals surface area (Å²) in [6, 6.07) is 6.53. The van der Waals surface area contributed by atoms with Crippen LogP contribution in [0.15, 0.2) is 24.4 Å². The molecule has 1 fully saturated rings. The summed E-state index contributed by atoms with van der Waals surface area (Å²) in [7, 11) is 4.17. The monoisotopic (exact) mass is 405 g/mol. The third-order valence-electron chi connectivity index (χ3n) is 3.88. The normalized spacial score (nSPS) is 16.8. The van der Waals surface area contributed by atoms with Gasteiger partial charge in [-0.2, -0.15) is 0 Å². The summed E-state index contributed by atoms with van der Waals surface area (Å²) in [6.07, 6.45) is 3.62. The molecule has 2 aromatic rings. The minimum atomic E-state index is -0.750. The Balaban J connectivity index is 0.000000511. The first-order valence-electron chi connectivity index (χ1n) is 7.94. The van der Waals surface area contributed by atoms with Crippen LogP contribution in [0.2, 0.25) is 0 Å². The van der Waals surface area contributed by atoms with Crippen LogP contribution < -0.4 is 5.32 Å². The first kappa shape index (κ1) is 20.2. The van der Waals surface area contributed by atoms with Gasteiger partial charge in [-0.15, -0.1) is 0 Å². The number of amides is 1. The minimum absolute atomic E-state index is 0.0825. The zero-order chi connectivity index (χ0) is 18.4. The highest BCUT2D eigenvalue weighted by Crippen LogP contribution is 2.21. The molecule has 0 aliphatic carbocycles. The van der Waals surface area contributed by atoms with Gasteiger partial charge in [-0.05, 0) is 50.2 Å². The fraction of sp³-hybridized carbons (Fsp3) is 0.471. The number of alkyl carbamates (subject to hydrolysis) is 1. The van der Waals surface area contributed by atoms with E-state index in [9.17, 15) is 4.79 Å². The Morgan fingerprint density at radius 3 is 2.64 bits per heavy atom. The van der Waals surface area contributed by atoms with Gasteiger partial charge in [0.2, 0.25) is 0 Å². The summed E-state index contributed by atoms with van der Waals surface area (Å²) in [5.41, 5.74) is 3.73. The summed E-state index contributed by atoms with van der Waals surface area (Å²) < 4.78 is 4.19. The van der Waals surface area contributed by atoms with E-state index in [0.29, 0.717) is 6.61 Å². The second kappa shape index (κ2) is 9.53. The number of hydrogen-bond acceptors (Lipinski definition) is 3. The highest BCUT2D eigenvalue weighted by Gasteiger charge is 2.22. The average Bonchev–Trinajstić information content (AvgIpc) is 3.10. The maximum Gasteiger partial charge on any atom is 0.407 e. The number of alkyl halides is 3. The van der Waals surface area contributed by atoms with Crippen molar-refractivity contribution in [2.24, 2.45) is 0 Å². The molecular formula is C17H22Cl3N3O2. The van der Waals surface area contributed by atoms with Gasteiger partial charge in [0, 0.05) is 23.6 Å². The van der Waals surface area contributed by atoms with Crippen molar-refractivity contribution in [1.29, 1.82) is 0 Å². The number of aromatic amines is 1. The van der Waals surface area contributed by atoms with Crippen LogP contribution in [0, 0.1) is 0 Å². The predicted molar refractivity (Wildman–Crippen MR) is 104 cm³/mol. The summed E-state index contributed by atoms with van der Waals surface area (Å²) in [4.78, 5) is 16.6. The van der Waals surface area contributed by atoms with Crippen molar-refractivity contribution in [2.45, 2.75) is 23.2 Å². The molecule has 0 saturated carbocycles. The lowest BCUT2D eigenvalue weighted by Gasteiger charge is -2.09. The van der Waals surface area contributed by atoms with Crippen LogP contribution in [0.25, 0.3) is 10.9 Å². The van der Waals surface area contributed by atoms with Crippen molar-refractivity contribution in [3.05, 3.63) is 35.5 Å². The number of cyclic esters (lactones) is 1. The molecule has 1 aromatic heterocycles. The quantitative estimate of drug-likeness (QED) is 0.740. The lowest BCUT2D eigenvalue weighted by Crippen LogP contribution is -2.28. The number of ether oxygens (including phenoxy) is 1. The molecule has 3 rings (SSSR count). The molecule has 0 bridgehead atoms. The number of nitrogens with zero attached hydrogens (tertiary/aromatic N) is 1. The molecule has 0 unspecified atom stereocenters. The van der Waals surface area contributed by atoms with Gasteiger partial charge in [0.15, 0.2) is 4.30 Å². The van der Waals surface area contributed by atoms with Crippen molar-refractivity contribution in [2.75, 3.05) is 27.2 Å². The zero-order valence-corrected chi connectivity index (χ0v) is 16.5. The van der Waals surface area contributed by atoms with Crippen LogP contribution in [0.1, 0.15) is 11.1 Å². The Labute approximate surface area is 162 Å². The number of nitrogens with one attached hydrogen (secondary N) is 2. The van der Waals surface area contributed by atoms with Crippen molar-refractivity contribution >= 4 is 51.8 Å². The minimum Gasteiger partial charge on any atom is -0.447 e. The molecule has 5 nitrogen and oxygen atoms in total. The highest BCUT2D eigenvalue weighted by atomic mass is 35.6. The number of benzene rings is 1. The van der Waals surface area contributed by atoms with E-state index in [-0.39, 0.29) is 12.1 Å². The smallest absolute Gasteiger partial charge is 0.407 e. The van der Waals surface area contributed by atoms with Gasteiger partial charge in [-0.25, -0.2) is 4.79 Å². The number of hydrogen-bond donors (Lipinski definition) is 2. The van der Waals surface area contributed by atoms with Crippen LogP contribution in [-0.4, -0.2) is 53.6 Å². The van der Waals surface area contributed by atoms with Gasteiger partial charge in [-0.3, -0.25) is 0 Å². The Kier molecular flexibility index (Phi) is 7.69. The SMILES string of the molecule is CN(C)CCc1c[nH]c2ccc(C[C@H]3COC(=O)N3)cc12.ClC(Cl)Cl. The van der Waals surface area contributed by atoms with E-state index < -0.39 is 4.30 Å². The van der Waals surface area contributed by atoms with Gasteiger partial charge in [0.1, 0.15) is 6.61 Å². The zero-order valence-electron chi connectivity index (χ0n) is 14.2. The number of fused-ring (bicyclic) bond motifs is 1. The number of H-pyrrole nitrogens is 1. The van der Waals surface area contributed by atoms with Crippen molar-refractivity contribution < 1.29 is 9.53 Å². The van der Waals surface area contributed by atoms with Crippen LogP contribution in [0.5, 0.6) is 0 Å².